The first-order valence-electron chi connectivity index (χ1n) is 6.97. The van der Waals surface area contributed by atoms with Gasteiger partial charge in [0, 0.05) is 31.2 Å². The number of hydrogen-bond acceptors (Lipinski definition) is 5. The normalized spacial score (nSPS) is 20.3. The second kappa shape index (κ2) is 6.51. The molecule has 21 heavy (non-hydrogen) atoms. The first-order valence-corrected chi connectivity index (χ1v) is 8.29. The zero-order chi connectivity index (χ0) is 15.5. The number of likely N-dealkylation sites (tertiary alicyclic amines) is 1. The highest BCUT2D eigenvalue weighted by atomic mass is 32.2. The predicted molar refractivity (Wildman–Crippen MR) is 79.2 cm³/mol. The summed E-state index contributed by atoms with van der Waals surface area (Å²) in [5.74, 6) is 0.707. The van der Waals surface area contributed by atoms with Gasteiger partial charge in [-0.15, -0.1) is 0 Å². The fourth-order valence-electron chi connectivity index (χ4n) is 2.16. The Balaban J connectivity index is 1.86. The van der Waals surface area contributed by atoms with Crippen molar-refractivity contribution in [2.45, 2.75) is 37.8 Å². The smallest absolute Gasteiger partial charge is 0.410 e. The molecule has 2 atom stereocenters. The third-order valence-corrected chi connectivity index (χ3v) is 4.55. The number of carbonyl (C=O) groups is 1. The lowest BCUT2D eigenvalue weighted by atomic mass is 10.2. The van der Waals surface area contributed by atoms with Crippen LogP contribution < -0.4 is 0 Å². The van der Waals surface area contributed by atoms with E-state index in [-0.39, 0.29) is 12.0 Å². The van der Waals surface area contributed by atoms with Gasteiger partial charge in [-0.1, -0.05) is 0 Å². The molecule has 0 saturated carbocycles. The molecule has 0 N–H and O–H groups in total. The van der Waals surface area contributed by atoms with Gasteiger partial charge in [-0.05, 0) is 33.1 Å². The maximum atomic E-state index is 12.2. The highest BCUT2D eigenvalue weighted by Gasteiger charge is 2.30. The molecule has 0 radical (unpaired) electrons. The van der Waals surface area contributed by atoms with Crippen LogP contribution in [-0.4, -0.2) is 49.6 Å². The molecule has 2 rings (SSSR count). The molecule has 0 spiro atoms. The van der Waals surface area contributed by atoms with Crippen molar-refractivity contribution in [2.75, 3.05) is 18.8 Å². The maximum Gasteiger partial charge on any atom is 0.410 e. The molecule has 1 aromatic rings. The minimum Gasteiger partial charge on any atom is -0.444 e. The first-order chi connectivity index (χ1) is 9.85. The van der Waals surface area contributed by atoms with Gasteiger partial charge < -0.3 is 9.64 Å². The molecular formula is C14H21N3O3S. The topological polar surface area (TPSA) is 72.4 Å². The van der Waals surface area contributed by atoms with E-state index in [1.165, 1.54) is 12.4 Å². The van der Waals surface area contributed by atoms with E-state index >= 15 is 0 Å². The zero-order valence-corrected chi connectivity index (χ0v) is 13.4. The quantitative estimate of drug-likeness (QED) is 0.851. The SMILES string of the molecule is CC(C)(C)OC(=O)N1CC[C@H](C[S@](=O)c2cnccn2)C1. The van der Waals surface area contributed by atoms with Crippen LogP contribution in [0.15, 0.2) is 23.6 Å². The summed E-state index contributed by atoms with van der Waals surface area (Å²) in [4.78, 5) is 21.6. The lowest BCUT2D eigenvalue weighted by Gasteiger charge is -2.24. The Kier molecular flexibility index (Phi) is 4.92. The van der Waals surface area contributed by atoms with E-state index in [2.05, 4.69) is 9.97 Å². The van der Waals surface area contributed by atoms with E-state index in [0.29, 0.717) is 23.9 Å². The summed E-state index contributed by atoms with van der Waals surface area (Å²) in [5, 5.41) is 0.494. The van der Waals surface area contributed by atoms with Gasteiger partial charge >= 0.3 is 6.09 Å². The Morgan fingerprint density at radius 1 is 1.48 bits per heavy atom. The van der Waals surface area contributed by atoms with Gasteiger partial charge in [0.2, 0.25) is 0 Å². The number of ether oxygens (including phenoxy) is 1. The van der Waals surface area contributed by atoms with Crippen molar-refractivity contribution < 1.29 is 13.7 Å². The van der Waals surface area contributed by atoms with E-state index in [9.17, 15) is 9.00 Å². The molecule has 1 aliphatic rings. The van der Waals surface area contributed by atoms with Crippen molar-refractivity contribution in [1.29, 1.82) is 0 Å². The van der Waals surface area contributed by atoms with Crippen LogP contribution in [0.2, 0.25) is 0 Å². The number of carbonyl (C=O) groups excluding carboxylic acids is 1. The highest BCUT2D eigenvalue weighted by molar-refractivity contribution is 7.84. The van der Waals surface area contributed by atoms with Gasteiger partial charge in [-0.2, -0.15) is 0 Å². The molecule has 0 aliphatic carbocycles. The molecule has 1 fully saturated rings. The Hall–Kier alpha value is -1.50. The average molecular weight is 311 g/mol. The third kappa shape index (κ3) is 4.77. The number of hydrogen-bond donors (Lipinski definition) is 0. The van der Waals surface area contributed by atoms with Crippen LogP contribution in [0.1, 0.15) is 27.2 Å². The minimum absolute atomic E-state index is 0.209. The summed E-state index contributed by atoms with van der Waals surface area (Å²) >= 11 is 0. The van der Waals surface area contributed by atoms with E-state index in [4.69, 9.17) is 4.74 Å². The van der Waals surface area contributed by atoms with Crippen molar-refractivity contribution >= 4 is 16.9 Å². The first kappa shape index (κ1) is 15.9. The molecule has 0 bridgehead atoms. The van der Waals surface area contributed by atoms with Crippen LogP contribution >= 0.6 is 0 Å². The summed E-state index contributed by atoms with van der Waals surface area (Å²) < 4.78 is 17.5. The van der Waals surface area contributed by atoms with Crippen molar-refractivity contribution in [2.24, 2.45) is 5.92 Å². The number of amides is 1. The highest BCUT2D eigenvalue weighted by Crippen LogP contribution is 2.21. The van der Waals surface area contributed by atoms with Crippen LogP contribution in [0.4, 0.5) is 4.79 Å². The van der Waals surface area contributed by atoms with Gasteiger partial charge in [0.25, 0.3) is 0 Å². The van der Waals surface area contributed by atoms with Crippen LogP contribution in [0.5, 0.6) is 0 Å². The van der Waals surface area contributed by atoms with Gasteiger partial charge in [0.05, 0.1) is 17.0 Å². The van der Waals surface area contributed by atoms with E-state index in [0.717, 1.165) is 6.42 Å². The Morgan fingerprint density at radius 2 is 2.24 bits per heavy atom. The largest absolute Gasteiger partial charge is 0.444 e. The summed E-state index contributed by atoms with van der Waals surface area (Å²) in [6.07, 6.45) is 5.16. The molecule has 1 saturated heterocycles. The minimum atomic E-state index is -1.17. The van der Waals surface area contributed by atoms with Gasteiger partial charge in [-0.3, -0.25) is 9.19 Å². The van der Waals surface area contributed by atoms with Gasteiger partial charge in [-0.25, -0.2) is 9.78 Å². The molecule has 0 aromatic carbocycles. The predicted octanol–water partition coefficient (Wildman–Crippen LogP) is 1.84. The van der Waals surface area contributed by atoms with Crippen molar-refractivity contribution in [3.63, 3.8) is 0 Å². The van der Waals surface area contributed by atoms with Gasteiger partial charge in [0.1, 0.15) is 10.6 Å². The molecule has 1 amide bonds. The van der Waals surface area contributed by atoms with E-state index in [1.54, 1.807) is 11.1 Å². The summed E-state index contributed by atoms with van der Waals surface area (Å²) in [7, 11) is -1.17. The Bertz CT molecular complexity index is 516. The van der Waals surface area contributed by atoms with Crippen LogP contribution in [-0.2, 0) is 15.5 Å². The molecule has 1 aliphatic heterocycles. The monoisotopic (exact) mass is 311 g/mol. The van der Waals surface area contributed by atoms with Crippen molar-refractivity contribution in [1.82, 2.24) is 14.9 Å². The maximum absolute atomic E-state index is 12.2. The van der Waals surface area contributed by atoms with Crippen molar-refractivity contribution in [3.05, 3.63) is 18.6 Å². The zero-order valence-electron chi connectivity index (χ0n) is 12.6. The Morgan fingerprint density at radius 3 is 2.86 bits per heavy atom. The molecule has 2 heterocycles. The lowest BCUT2D eigenvalue weighted by molar-refractivity contribution is 0.0289. The molecule has 1 aromatic heterocycles. The lowest BCUT2D eigenvalue weighted by Crippen LogP contribution is -2.35. The van der Waals surface area contributed by atoms with E-state index in [1.807, 2.05) is 20.8 Å². The molecule has 116 valence electrons. The molecule has 6 nitrogen and oxygen atoms in total. The van der Waals surface area contributed by atoms with E-state index < -0.39 is 16.4 Å². The Labute approximate surface area is 127 Å². The fraction of sp³-hybridized carbons (Fsp3) is 0.643. The molecule has 0 unspecified atom stereocenters. The average Bonchev–Trinajstić information content (AvgIpc) is 2.86. The summed E-state index contributed by atoms with van der Waals surface area (Å²) in [6.45, 7) is 6.78. The molecule has 7 heteroatoms. The summed E-state index contributed by atoms with van der Waals surface area (Å²) in [6, 6.07) is 0. The fourth-order valence-corrected chi connectivity index (χ4v) is 3.39. The third-order valence-electron chi connectivity index (χ3n) is 3.10. The number of aromatic nitrogens is 2. The molecular weight excluding hydrogens is 290 g/mol. The van der Waals surface area contributed by atoms with Crippen molar-refractivity contribution in [3.8, 4) is 0 Å². The van der Waals surface area contributed by atoms with Crippen LogP contribution in [0, 0.1) is 5.92 Å². The van der Waals surface area contributed by atoms with Crippen LogP contribution in [0.25, 0.3) is 0 Å². The number of nitrogens with zero attached hydrogens (tertiary/aromatic N) is 3. The summed E-state index contributed by atoms with van der Waals surface area (Å²) in [5.41, 5.74) is -0.488. The second-order valence-electron chi connectivity index (χ2n) is 6.14. The number of rotatable bonds is 3. The van der Waals surface area contributed by atoms with Gasteiger partial charge in [0.15, 0.2) is 0 Å². The second-order valence-corrected chi connectivity index (χ2v) is 7.58. The van der Waals surface area contributed by atoms with Crippen LogP contribution in [0.3, 0.4) is 0 Å². The standard InChI is InChI=1S/C14H21N3O3S/c1-14(2,3)20-13(18)17-7-4-11(9-17)10-21(19)12-8-15-5-6-16-12/h5-6,8,11H,4,7,9-10H2,1-3H3/t11-,21-/m0/s1.